The number of rotatable bonds is 10. The first kappa shape index (κ1) is 25.9. The van der Waals surface area contributed by atoms with Gasteiger partial charge >= 0.3 is 0 Å². The number of benzene rings is 2. The minimum atomic E-state index is -2.43. The lowest BCUT2D eigenvalue weighted by atomic mass is 9.76. The van der Waals surface area contributed by atoms with E-state index in [1.54, 1.807) is 7.11 Å². The van der Waals surface area contributed by atoms with E-state index < -0.39 is 14.0 Å². The summed E-state index contributed by atoms with van der Waals surface area (Å²) in [4.78, 5) is 4.52. The minimum Gasteiger partial charge on any atom is -0.415 e. The molecule has 2 heterocycles. The number of fused-ring (bicyclic) bond motifs is 3. The average Bonchev–Trinajstić information content (AvgIpc) is 3.37. The summed E-state index contributed by atoms with van der Waals surface area (Å²) in [6.45, 7) is 6.14. The molecule has 7 heteroatoms. The van der Waals surface area contributed by atoms with E-state index in [-0.39, 0.29) is 17.9 Å². The summed E-state index contributed by atoms with van der Waals surface area (Å²) < 4.78 is 12.1. The monoisotopic (exact) mass is 496 g/mol. The van der Waals surface area contributed by atoms with Crippen LogP contribution in [-0.2, 0) is 21.0 Å². The van der Waals surface area contributed by atoms with Gasteiger partial charge in [0.1, 0.15) is 0 Å². The molecule has 1 unspecified atom stereocenters. The number of aliphatic hydroxyl groups is 2. The van der Waals surface area contributed by atoms with Crippen molar-refractivity contribution in [1.29, 1.82) is 0 Å². The summed E-state index contributed by atoms with van der Waals surface area (Å²) in [6.07, 6.45) is 6.11. The van der Waals surface area contributed by atoms with E-state index in [9.17, 15) is 10.2 Å². The van der Waals surface area contributed by atoms with Gasteiger partial charge in [-0.15, -0.1) is 0 Å². The molecule has 0 radical (unpaired) electrons. The fourth-order valence-corrected chi connectivity index (χ4v) is 7.21. The predicted molar refractivity (Wildman–Crippen MR) is 145 cm³/mol. The second kappa shape index (κ2) is 10.1. The number of hydrogen-bond donors (Lipinski definition) is 2. The maximum absolute atomic E-state index is 9.71. The molecule has 1 saturated heterocycles. The molecule has 2 aliphatic heterocycles. The Balaban J connectivity index is 1.56. The second-order valence-electron chi connectivity index (χ2n) is 10.5. The standard InChI is InChI=1S/C28H40N2O4Si/c1-27(2)25-19-23(7-6-18-35(20-31,21-32)33-5)10-13-26(25)30-16-17-34-28(27,30)15-14-22-8-11-24(12-9-22)29(3)4/h8-15,19,31-32H,6-7,16-18,20-21H2,1-5H3. The number of aliphatic hydroxyl groups excluding tert-OH is 2. The van der Waals surface area contributed by atoms with E-state index in [2.05, 4.69) is 92.4 Å². The first-order chi connectivity index (χ1) is 16.7. The SMILES string of the molecule is CO[Si](CO)(CO)CCCc1ccc2c(c1)C(C)(C)C1(C=Cc3ccc(N(C)C)cc3)OCCN21. The van der Waals surface area contributed by atoms with Crippen LogP contribution in [0.25, 0.3) is 6.08 Å². The van der Waals surface area contributed by atoms with Gasteiger partial charge in [-0.3, -0.25) is 0 Å². The Labute approximate surface area is 210 Å². The fraction of sp³-hybridized carbons (Fsp3) is 0.500. The second-order valence-corrected chi connectivity index (χ2v) is 14.5. The van der Waals surface area contributed by atoms with Crippen molar-refractivity contribution >= 4 is 25.8 Å². The van der Waals surface area contributed by atoms with E-state index in [1.165, 1.54) is 22.5 Å². The Bertz CT molecular complexity index is 1040. The molecular weight excluding hydrogens is 456 g/mol. The van der Waals surface area contributed by atoms with Crippen LogP contribution < -0.4 is 9.80 Å². The van der Waals surface area contributed by atoms with E-state index in [0.29, 0.717) is 6.61 Å². The maximum atomic E-state index is 9.71. The summed E-state index contributed by atoms with van der Waals surface area (Å²) in [5, 5.41) is 19.4. The third-order valence-electron chi connectivity index (χ3n) is 7.98. The lowest BCUT2D eigenvalue weighted by Gasteiger charge is -2.39. The molecule has 35 heavy (non-hydrogen) atoms. The third-order valence-corrected chi connectivity index (χ3v) is 11.3. The zero-order chi connectivity index (χ0) is 25.3. The summed E-state index contributed by atoms with van der Waals surface area (Å²) in [5.41, 5.74) is 5.43. The Morgan fingerprint density at radius 3 is 2.46 bits per heavy atom. The molecule has 2 N–H and O–H groups in total. The van der Waals surface area contributed by atoms with Gasteiger partial charge in [0.15, 0.2) is 5.72 Å². The quantitative estimate of drug-likeness (QED) is 0.487. The van der Waals surface area contributed by atoms with Crippen molar-refractivity contribution in [1.82, 2.24) is 0 Å². The van der Waals surface area contributed by atoms with E-state index in [4.69, 9.17) is 9.16 Å². The average molecular weight is 497 g/mol. The number of anilines is 2. The van der Waals surface area contributed by atoms with Gasteiger partial charge in [0, 0.05) is 44.5 Å². The highest BCUT2D eigenvalue weighted by molar-refractivity contribution is 6.73. The van der Waals surface area contributed by atoms with Crippen molar-refractivity contribution in [3.63, 3.8) is 0 Å². The largest absolute Gasteiger partial charge is 0.415 e. The van der Waals surface area contributed by atoms with Gasteiger partial charge in [-0.25, -0.2) is 0 Å². The van der Waals surface area contributed by atoms with Gasteiger partial charge < -0.3 is 29.2 Å². The molecule has 2 aromatic rings. The van der Waals surface area contributed by atoms with Crippen LogP contribution in [0.4, 0.5) is 11.4 Å². The van der Waals surface area contributed by atoms with E-state index >= 15 is 0 Å². The molecule has 0 amide bonds. The molecule has 0 aliphatic carbocycles. The minimum absolute atomic E-state index is 0.0454. The van der Waals surface area contributed by atoms with Crippen molar-refractivity contribution in [2.24, 2.45) is 0 Å². The van der Waals surface area contributed by atoms with Crippen LogP contribution in [0, 0.1) is 0 Å². The van der Waals surface area contributed by atoms with Gasteiger partial charge in [0.25, 0.3) is 0 Å². The first-order valence-electron chi connectivity index (χ1n) is 12.5. The zero-order valence-corrected chi connectivity index (χ0v) is 22.8. The molecule has 4 rings (SSSR count). The highest BCUT2D eigenvalue weighted by Crippen LogP contribution is 2.55. The molecule has 0 aromatic heterocycles. The van der Waals surface area contributed by atoms with Crippen molar-refractivity contribution in [2.45, 2.75) is 43.9 Å². The zero-order valence-electron chi connectivity index (χ0n) is 21.8. The van der Waals surface area contributed by atoms with Gasteiger partial charge in [0.05, 0.1) is 19.1 Å². The number of ether oxygens (including phenoxy) is 1. The molecule has 2 aromatic carbocycles. The Hall–Kier alpha value is -2.16. The van der Waals surface area contributed by atoms with Crippen LogP contribution in [0.3, 0.4) is 0 Å². The van der Waals surface area contributed by atoms with Crippen LogP contribution in [0.15, 0.2) is 48.5 Å². The number of hydrogen-bond acceptors (Lipinski definition) is 6. The highest BCUT2D eigenvalue weighted by Gasteiger charge is 2.59. The first-order valence-corrected chi connectivity index (χ1v) is 15.0. The molecule has 1 atom stereocenters. The van der Waals surface area contributed by atoms with E-state index in [0.717, 1.165) is 31.0 Å². The van der Waals surface area contributed by atoms with Crippen molar-refractivity contribution in [3.05, 3.63) is 65.2 Å². The van der Waals surface area contributed by atoms with Crippen LogP contribution in [-0.4, -0.2) is 71.1 Å². The number of nitrogens with zero attached hydrogens (tertiary/aromatic N) is 2. The molecule has 190 valence electrons. The van der Waals surface area contributed by atoms with Gasteiger partial charge in [-0.1, -0.05) is 44.2 Å². The topological polar surface area (TPSA) is 65.4 Å². The van der Waals surface area contributed by atoms with Crippen LogP contribution >= 0.6 is 0 Å². The summed E-state index contributed by atoms with van der Waals surface area (Å²) in [5.74, 6) is 0. The summed E-state index contributed by atoms with van der Waals surface area (Å²) >= 11 is 0. The van der Waals surface area contributed by atoms with Crippen molar-refractivity contribution in [2.75, 3.05) is 56.6 Å². The number of aryl methyl sites for hydroxylation is 1. The molecule has 2 aliphatic rings. The highest BCUT2D eigenvalue weighted by atomic mass is 28.4. The van der Waals surface area contributed by atoms with Gasteiger partial charge in [-0.2, -0.15) is 0 Å². The summed E-state index contributed by atoms with van der Waals surface area (Å²) in [6, 6.07) is 16.1. The summed E-state index contributed by atoms with van der Waals surface area (Å²) in [7, 11) is 3.27. The molecule has 0 spiro atoms. The fourth-order valence-electron chi connectivity index (χ4n) is 5.51. The Kier molecular flexibility index (Phi) is 7.45. The van der Waals surface area contributed by atoms with Crippen molar-refractivity contribution < 1.29 is 19.4 Å². The Morgan fingerprint density at radius 2 is 1.83 bits per heavy atom. The van der Waals surface area contributed by atoms with Crippen molar-refractivity contribution in [3.8, 4) is 0 Å². The normalized spacial score (nSPS) is 20.9. The smallest absolute Gasteiger partial charge is 0.242 e. The lowest BCUT2D eigenvalue weighted by Crippen LogP contribution is -2.51. The molecular formula is C28H40N2O4Si. The van der Waals surface area contributed by atoms with Crippen LogP contribution in [0.1, 0.15) is 37.0 Å². The molecule has 0 saturated carbocycles. The molecule has 1 fully saturated rings. The van der Waals surface area contributed by atoms with E-state index in [1.807, 2.05) is 0 Å². The molecule has 0 bridgehead atoms. The third kappa shape index (κ3) is 4.56. The maximum Gasteiger partial charge on any atom is 0.242 e. The van der Waals surface area contributed by atoms with Crippen LogP contribution in [0.2, 0.25) is 6.04 Å². The molecule has 6 nitrogen and oxygen atoms in total. The Morgan fingerprint density at radius 1 is 1.11 bits per heavy atom. The van der Waals surface area contributed by atoms with Crippen LogP contribution in [0.5, 0.6) is 0 Å². The van der Waals surface area contributed by atoms with Gasteiger partial charge in [-0.05, 0) is 59.9 Å². The van der Waals surface area contributed by atoms with Gasteiger partial charge in [0.2, 0.25) is 8.32 Å². The lowest BCUT2D eigenvalue weighted by molar-refractivity contribution is 0.000324. The predicted octanol–water partition coefficient (Wildman–Crippen LogP) is 3.88.